The van der Waals surface area contributed by atoms with Crippen molar-refractivity contribution in [2.45, 2.75) is 33.2 Å². The van der Waals surface area contributed by atoms with Crippen molar-refractivity contribution in [2.24, 2.45) is 5.92 Å². The largest absolute Gasteiger partial charge is 0.480 e. The van der Waals surface area contributed by atoms with Gasteiger partial charge in [-0.1, -0.05) is 31.9 Å². The summed E-state index contributed by atoms with van der Waals surface area (Å²) in [6, 6.07) is 4.05. The number of carbonyl (C=O) groups excluding carboxylic acids is 1. The SMILES string of the molecule is CCC(C)[C@H](NC(=O)c1cc(C)cc(Cl)c1)C(=O)O. The number of carboxylic acid groups (broad SMARTS) is 1. The number of benzene rings is 1. The third kappa shape index (κ3) is 4.24. The summed E-state index contributed by atoms with van der Waals surface area (Å²) < 4.78 is 0. The van der Waals surface area contributed by atoms with Gasteiger partial charge in [0.2, 0.25) is 0 Å². The first kappa shape index (κ1) is 15.5. The molecule has 1 aromatic carbocycles. The number of carbonyl (C=O) groups is 2. The number of rotatable bonds is 5. The van der Waals surface area contributed by atoms with Gasteiger partial charge >= 0.3 is 5.97 Å². The highest BCUT2D eigenvalue weighted by molar-refractivity contribution is 6.31. The molecule has 0 radical (unpaired) electrons. The Kier molecular flexibility index (Phi) is 5.36. The Labute approximate surface area is 117 Å². The van der Waals surface area contributed by atoms with Crippen LogP contribution in [0.15, 0.2) is 18.2 Å². The predicted octanol–water partition coefficient (Wildman–Crippen LogP) is 2.88. The Morgan fingerprint density at radius 3 is 2.47 bits per heavy atom. The molecule has 5 heteroatoms. The zero-order valence-electron chi connectivity index (χ0n) is 11.2. The third-order valence-corrected chi connectivity index (χ3v) is 3.29. The molecule has 0 spiro atoms. The number of amides is 1. The molecule has 0 aliphatic rings. The van der Waals surface area contributed by atoms with Crippen molar-refractivity contribution in [1.29, 1.82) is 0 Å². The lowest BCUT2D eigenvalue weighted by molar-refractivity contribution is -0.140. The maximum absolute atomic E-state index is 12.1. The molecule has 1 rings (SSSR count). The highest BCUT2D eigenvalue weighted by Gasteiger charge is 2.25. The van der Waals surface area contributed by atoms with Crippen molar-refractivity contribution in [3.8, 4) is 0 Å². The van der Waals surface area contributed by atoms with Crippen LogP contribution in [0.2, 0.25) is 5.02 Å². The van der Waals surface area contributed by atoms with Gasteiger partial charge < -0.3 is 10.4 Å². The van der Waals surface area contributed by atoms with Crippen LogP contribution >= 0.6 is 11.6 Å². The van der Waals surface area contributed by atoms with E-state index < -0.39 is 17.9 Å². The number of nitrogens with one attached hydrogen (secondary N) is 1. The second kappa shape index (κ2) is 6.57. The normalized spacial score (nSPS) is 13.7. The third-order valence-electron chi connectivity index (χ3n) is 3.07. The van der Waals surface area contributed by atoms with Gasteiger partial charge in [0.1, 0.15) is 6.04 Å². The molecular formula is C14H18ClNO3. The Balaban J connectivity index is 2.90. The van der Waals surface area contributed by atoms with Gasteiger partial charge in [-0.15, -0.1) is 0 Å². The van der Waals surface area contributed by atoms with Crippen molar-refractivity contribution in [2.75, 3.05) is 0 Å². The summed E-state index contributed by atoms with van der Waals surface area (Å²) in [6.07, 6.45) is 0.672. The average molecular weight is 284 g/mol. The van der Waals surface area contributed by atoms with E-state index in [4.69, 9.17) is 16.7 Å². The van der Waals surface area contributed by atoms with E-state index in [-0.39, 0.29) is 5.92 Å². The van der Waals surface area contributed by atoms with Crippen LogP contribution in [0.1, 0.15) is 36.2 Å². The smallest absolute Gasteiger partial charge is 0.326 e. The van der Waals surface area contributed by atoms with Crippen LogP contribution in [-0.4, -0.2) is 23.0 Å². The van der Waals surface area contributed by atoms with E-state index in [9.17, 15) is 9.59 Å². The van der Waals surface area contributed by atoms with E-state index in [0.29, 0.717) is 17.0 Å². The average Bonchev–Trinajstić information content (AvgIpc) is 2.33. The lowest BCUT2D eigenvalue weighted by Crippen LogP contribution is -2.45. The molecule has 0 saturated heterocycles. The first-order chi connectivity index (χ1) is 8.85. The molecule has 0 saturated carbocycles. The first-order valence-corrected chi connectivity index (χ1v) is 6.53. The maximum Gasteiger partial charge on any atom is 0.326 e. The minimum atomic E-state index is -1.03. The summed E-state index contributed by atoms with van der Waals surface area (Å²) in [5.41, 5.74) is 1.23. The Hall–Kier alpha value is -1.55. The standard InChI is InChI=1S/C14H18ClNO3/c1-4-9(3)12(14(18)19)16-13(17)10-5-8(2)6-11(15)7-10/h5-7,9,12H,4H2,1-3H3,(H,16,17)(H,18,19)/t9?,12-/m0/s1. The lowest BCUT2D eigenvalue weighted by atomic mass is 9.99. The Bertz CT molecular complexity index is 467. The molecule has 2 N–H and O–H groups in total. The number of hydrogen-bond donors (Lipinski definition) is 2. The Morgan fingerprint density at radius 1 is 1.37 bits per heavy atom. The molecule has 0 aliphatic carbocycles. The summed E-state index contributed by atoms with van der Waals surface area (Å²) in [4.78, 5) is 23.2. The van der Waals surface area contributed by atoms with Crippen LogP contribution in [-0.2, 0) is 4.79 Å². The van der Waals surface area contributed by atoms with Crippen molar-refractivity contribution < 1.29 is 14.7 Å². The van der Waals surface area contributed by atoms with Crippen LogP contribution in [0.3, 0.4) is 0 Å². The lowest BCUT2D eigenvalue weighted by Gasteiger charge is -2.20. The second-order valence-electron chi connectivity index (χ2n) is 4.69. The topological polar surface area (TPSA) is 66.4 Å². The van der Waals surface area contributed by atoms with E-state index in [2.05, 4.69) is 5.32 Å². The molecule has 4 nitrogen and oxygen atoms in total. The predicted molar refractivity (Wildman–Crippen MR) is 74.5 cm³/mol. The van der Waals surface area contributed by atoms with E-state index >= 15 is 0 Å². The van der Waals surface area contributed by atoms with Gasteiger partial charge in [-0.05, 0) is 36.6 Å². The highest BCUT2D eigenvalue weighted by atomic mass is 35.5. The molecule has 0 bridgehead atoms. The molecule has 1 aromatic rings. The molecule has 104 valence electrons. The van der Waals surface area contributed by atoms with Gasteiger partial charge in [0.15, 0.2) is 0 Å². The summed E-state index contributed by atoms with van der Waals surface area (Å²) in [6.45, 7) is 5.50. The fourth-order valence-electron chi connectivity index (χ4n) is 1.78. The summed E-state index contributed by atoms with van der Waals surface area (Å²) in [5.74, 6) is -1.58. The van der Waals surface area contributed by atoms with Crippen LogP contribution in [0.5, 0.6) is 0 Å². The minimum Gasteiger partial charge on any atom is -0.480 e. The summed E-state index contributed by atoms with van der Waals surface area (Å²) in [5, 5.41) is 12.1. The molecule has 0 fully saturated rings. The van der Waals surface area contributed by atoms with Gasteiger partial charge in [-0.3, -0.25) is 4.79 Å². The zero-order chi connectivity index (χ0) is 14.6. The van der Waals surface area contributed by atoms with E-state index in [0.717, 1.165) is 5.56 Å². The van der Waals surface area contributed by atoms with Crippen molar-refractivity contribution in [3.05, 3.63) is 34.3 Å². The van der Waals surface area contributed by atoms with Gasteiger partial charge in [0, 0.05) is 10.6 Å². The van der Waals surface area contributed by atoms with Crippen LogP contribution in [0.25, 0.3) is 0 Å². The van der Waals surface area contributed by atoms with Gasteiger partial charge in [0.25, 0.3) is 5.91 Å². The number of halogens is 1. The first-order valence-electron chi connectivity index (χ1n) is 6.16. The molecule has 0 heterocycles. The quantitative estimate of drug-likeness (QED) is 0.873. The zero-order valence-corrected chi connectivity index (χ0v) is 12.0. The fraction of sp³-hybridized carbons (Fsp3) is 0.429. The summed E-state index contributed by atoms with van der Waals surface area (Å²) >= 11 is 5.89. The van der Waals surface area contributed by atoms with Crippen molar-refractivity contribution in [3.63, 3.8) is 0 Å². The Morgan fingerprint density at radius 2 is 2.00 bits per heavy atom. The van der Waals surface area contributed by atoms with E-state index in [1.807, 2.05) is 13.8 Å². The highest BCUT2D eigenvalue weighted by Crippen LogP contribution is 2.15. The number of aryl methyl sites for hydroxylation is 1. The molecule has 2 atom stereocenters. The number of hydrogen-bond acceptors (Lipinski definition) is 2. The maximum atomic E-state index is 12.1. The van der Waals surface area contributed by atoms with E-state index in [1.165, 1.54) is 6.07 Å². The van der Waals surface area contributed by atoms with Gasteiger partial charge in [-0.25, -0.2) is 4.79 Å². The van der Waals surface area contributed by atoms with Crippen LogP contribution in [0.4, 0.5) is 0 Å². The van der Waals surface area contributed by atoms with Crippen LogP contribution < -0.4 is 5.32 Å². The van der Waals surface area contributed by atoms with E-state index in [1.54, 1.807) is 19.1 Å². The summed E-state index contributed by atoms with van der Waals surface area (Å²) in [7, 11) is 0. The minimum absolute atomic E-state index is 0.137. The molecule has 0 aliphatic heterocycles. The molecular weight excluding hydrogens is 266 g/mol. The van der Waals surface area contributed by atoms with Gasteiger partial charge in [0.05, 0.1) is 0 Å². The number of aliphatic carboxylic acids is 1. The fourth-order valence-corrected chi connectivity index (χ4v) is 2.06. The van der Waals surface area contributed by atoms with Gasteiger partial charge in [-0.2, -0.15) is 0 Å². The van der Waals surface area contributed by atoms with Crippen molar-refractivity contribution >= 4 is 23.5 Å². The molecule has 1 unspecified atom stereocenters. The molecule has 19 heavy (non-hydrogen) atoms. The molecule has 1 amide bonds. The number of carboxylic acids is 1. The monoisotopic (exact) mass is 283 g/mol. The second-order valence-corrected chi connectivity index (χ2v) is 5.13. The van der Waals surface area contributed by atoms with Crippen LogP contribution in [0, 0.1) is 12.8 Å². The van der Waals surface area contributed by atoms with Crippen molar-refractivity contribution in [1.82, 2.24) is 5.32 Å². The molecule has 0 aromatic heterocycles.